The molecule has 1 aliphatic heterocycles. The lowest BCUT2D eigenvalue weighted by atomic mass is 9.88. The van der Waals surface area contributed by atoms with E-state index < -0.39 is 6.09 Å². The number of nitrogens with zero attached hydrogens (tertiary/aromatic N) is 1. The van der Waals surface area contributed by atoms with Crippen molar-refractivity contribution in [2.75, 3.05) is 23.7 Å². The Labute approximate surface area is 203 Å². The number of halogens is 1. The summed E-state index contributed by atoms with van der Waals surface area (Å²) < 4.78 is 5.92. The highest BCUT2D eigenvalue weighted by molar-refractivity contribution is 6.31. The van der Waals surface area contributed by atoms with Crippen molar-refractivity contribution in [3.05, 3.63) is 88.7 Å². The standard InChI is InChI=1S/C26H27ClN4O3/c1-17-6-7-20(16-21(17)27)25(32)30-22-4-2-3-5-23(22)31-26(33)34-24(18-8-12-28-13-9-18)19-10-14-29-15-11-19/h2-9,12-13,16,19,24,29H,10-11,14-15H2,1H3,(H,30,32)(H,31,33). The summed E-state index contributed by atoms with van der Waals surface area (Å²) in [5.74, 6) is -0.121. The molecule has 176 valence electrons. The molecule has 3 aromatic rings. The first kappa shape index (κ1) is 23.7. The second-order valence-corrected chi connectivity index (χ2v) is 8.69. The van der Waals surface area contributed by atoms with Crippen LogP contribution in [0.25, 0.3) is 0 Å². The molecule has 8 heteroatoms. The summed E-state index contributed by atoms with van der Waals surface area (Å²) in [6.07, 6.45) is 4.25. The fourth-order valence-electron chi connectivity index (χ4n) is 4.02. The van der Waals surface area contributed by atoms with Crippen LogP contribution in [-0.4, -0.2) is 30.1 Å². The lowest BCUT2D eigenvalue weighted by Crippen LogP contribution is -2.33. The number of carbonyl (C=O) groups is 2. The Bertz CT molecular complexity index is 1150. The van der Waals surface area contributed by atoms with Crippen LogP contribution in [0.3, 0.4) is 0 Å². The summed E-state index contributed by atoms with van der Waals surface area (Å²) in [4.78, 5) is 29.8. The van der Waals surface area contributed by atoms with E-state index >= 15 is 0 Å². The fourth-order valence-corrected chi connectivity index (χ4v) is 4.20. The number of aromatic nitrogens is 1. The monoisotopic (exact) mass is 478 g/mol. The Morgan fingerprint density at radius 3 is 2.38 bits per heavy atom. The molecule has 2 amide bonds. The predicted octanol–water partition coefficient (Wildman–Crippen LogP) is 5.59. The average molecular weight is 479 g/mol. The molecule has 1 unspecified atom stereocenters. The van der Waals surface area contributed by atoms with Gasteiger partial charge in [-0.25, -0.2) is 4.79 Å². The number of anilines is 2. The average Bonchev–Trinajstić information content (AvgIpc) is 2.86. The van der Waals surface area contributed by atoms with E-state index in [1.54, 1.807) is 54.9 Å². The number of hydrogen-bond acceptors (Lipinski definition) is 5. The number of pyridine rings is 1. The van der Waals surface area contributed by atoms with Crippen LogP contribution < -0.4 is 16.0 Å². The van der Waals surface area contributed by atoms with E-state index in [4.69, 9.17) is 16.3 Å². The van der Waals surface area contributed by atoms with E-state index in [0.717, 1.165) is 37.1 Å². The van der Waals surface area contributed by atoms with Gasteiger partial charge in [0, 0.05) is 28.9 Å². The fraction of sp³-hybridized carbons (Fsp3) is 0.269. The maximum absolute atomic E-state index is 12.9. The topological polar surface area (TPSA) is 92.4 Å². The van der Waals surface area contributed by atoms with E-state index in [2.05, 4.69) is 20.9 Å². The van der Waals surface area contributed by atoms with Gasteiger partial charge in [0.25, 0.3) is 5.91 Å². The zero-order valence-electron chi connectivity index (χ0n) is 18.9. The van der Waals surface area contributed by atoms with Crippen molar-refractivity contribution in [3.8, 4) is 0 Å². The van der Waals surface area contributed by atoms with Gasteiger partial charge in [-0.3, -0.25) is 15.1 Å². The van der Waals surface area contributed by atoms with Crippen LogP contribution in [0.15, 0.2) is 67.0 Å². The third-order valence-corrected chi connectivity index (χ3v) is 6.33. The Morgan fingerprint density at radius 1 is 1.03 bits per heavy atom. The van der Waals surface area contributed by atoms with Crippen molar-refractivity contribution in [1.82, 2.24) is 10.3 Å². The van der Waals surface area contributed by atoms with Gasteiger partial charge in [-0.2, -0.15) is 0 Å². The van der Waals surface area contributed by atoms with Gasteiger partial charge in [-0.15, -0.1) is 0 Å². The van der Waals surface area contributed by atoms with Crippen LogP contribution in [0.1, 0.15) is 40.4 Å². The van der Waals surface area contributed by atoms with Crippen LogP contribution in [0.5, 0.6) is 0 Å². The molecule has 7 nitrogen and oxygen atoms in total. The maximum atomic E-state index is 12.9. The molecule has 0 bridgehead atoms. The van der Waals surface area contributed by atoms with Gasteiger partial charge in [0.1, 0.15) is 6.10 Å². The quantitative estimate of drug-likeness (QED) is 0.429. The van der Waals surface area contributed by atoms with Gasteiger partial charge < -0.3 is 15.4 Å². The number of amides is 2. The second kappa shape index (κ2) is 11.1. The van der Waals surface area contributed by atoms with E-state index in [1.165, 1.54) is 0 Å². The third kappa shape index (κ3) is 5.92. The number of ether oxygens (including phenoxy) is 1. The largest absolute Gasteiger partial charge is 0.441 e. The minimum atomic E-state index is -0.583. The van der Waals surface area contributed by atoms with E-state index in [9.17, 15) is 9.59 Å². The molecule has 2 aromatic carbocycles. The lowest BCUT2D eigenvalue weighted by molar-refractivity contribution is 0.0591. The molecule has 0 spiro atoms. The van der Waals surface area contributed by atoms with Crippen LogP contribution in [0.4, 0.5) is 16.2 Å². The highest BCUT2D eigenvalue weighted by Crippen LogP contribution is 2.33. The zero-order chi connectivity index (χ0) is 23.9. The number of nitrogens with one attached hydrogen (secondary N) is 3. The summed E-state index contributed by atoms with van der Waals surface area (Å²) in [5.41, 5.74) is 3.13. The molecule has 3 N–H and O–H groups in total. The van der Waals surface area contributed by atoms with Gasteiger partial charge in [-0.05, 0) is 80.4 Å². The minimum Gasteiger partial charge on any atom is -0.441 e. The Balaban J connectivity index is 1.48. The van der Waals surface area contributed by atoms with Crippen molar-refractivity contribution < 1.29 is 14.3 Å². The summed E-state index contributed by atoms with van der Waals surface area (Å²) in [7, 11) is 0. The van der Waals surface area contributed by atoms with Crippen LogP contribution in [-0.2, 0) is 4.74 Å². The molecule has 0 saturated carbocycles. The van der Waals surface area contributed by atoms with Gasteiger partial charge in [0.15, 0.2) is 0 Å². The van der Waals surface area contributed by atoms with Gasteiger partial charge >= 0.3 is 6.09 Å². The van der Waals surface area contributed by atoms with Gasteiger partial charge in [0.2, 0.25) is 0 Å². The Kier molecular flexibility index (Phi) is 7.77. The van der Waals surface area contributed by atoms with Gasteiger partial charge in [0.05, 0.1) is 11.4 Å². The number of hydrogen-bond donors (Lipinski definition) is 3. The van der Waals surface area contributed by atoms with Gasteiger partial charge in [-0.1, -0.05) is 29.8 Å². The molecule has 1 atom stereocenters. The minimum absolute atomic E-state index is 0.204. The molecule has 0 radical (unpaired) electrons. The number of aryl methyl sites for hydroxylation is 1. The molecule has 2 heterocycles. The highest BCUT2D eigenvalue weighted by Gasteiger charge is 2.28. The molecule has 1 aliphatic rings. The smallest absolute Gasteiger partial charge is 0.412 e. The molecule has 1 aromatic heterocycles. The summed E-state index contributed by atoms with van der Waals surface area (Å²) in [5, 5.41) is 9.50. The number of para-hydroxylation sites is 2. The summed E-state index contributed by atoms with van der Waals surface area (Å²) in [6.45, 7) is 3.64. The summed E-state index contributed by atoms with van der Waals surface area (Å²) in [6, 6.07) is 15.9. The van der Waals surface area contributed by atoms with Crippen molar-refractivity contribution >= 4 is 35.0 Å². The predicted molar refractivity (Wildman–Crippen MR) is 133 cm³/mol. The number of carbonyl (C=O) groups excluding carboxylic acids is 2. The molecule has 0 aliphatic carbocycles. The highest BCUT2D eigenvalue weighted by atomic mass is 35.5. The first-order valence-electron chi connectivity index (χ1n) is 11.3. The van der Waals surface area contributed by atoms with Crippen molar-refractivity contribution in [2.45, 2.75) is 25.9 Å². The van der Waals surface area contributed by atoms with E-state index in [-0.39, 0.29) is 17.9 Å². The SMILES string of the molecule is Cc1ccc(C(=O)Nc2ccccc2NC(=O)OC(c2ccncc2)C2CCNCC2)cc1Cl. The van der Waals surface area contributed by atoms with Crippen molar-refractivity contribution in [3.63, 3.8) is 0 Å². The Morgan fingerprint density at radius 2 is 1.71 bits per heavy atom. The number of rotatable bonds is 6. The number of piperidine rings is 1. The van der Waals surface area contributed by atoms with E-state index in [1.807, 2.05) is 19.1 Å². The summed E-state index contributed by atoms with van der Waals surface area (Å²) >= 11 is 6.16. The van der Waals surface area contributed by atoms with E-state index in [0.29, 0.717) is 22.0 Å². The van der Waals surface area contributed by atoms with Crippen molar-refractivity contribution in [2.24, 2.45) is 5.92 Å². The molecular weight excluding hydrogens is 452 g/mol. The molecule has 34 heavy (non-hydrogen) atoms. The molecule has 1 saturated heterocycles. The number of benzene rings is 2. The van der Waals surface area contributed by atoms with Crippen LogP contribution >= 0.6 is 11.6 Å². The zero-order valence-corrected chi connectivity index (χ0v) is 19.6. The molecule has 4 rings (SSSR count). The maximum Gasteiger partial charge on any atom is 0.412 e. The molecular formula is C26H27ClN4O3. The first-order chi connectivity index (χ1) is 16.5. The normalized spacial score (nSPS) is 14.8. The molecule has 1 fully saturated rings. The first-order valence-corrected chi connectivity index (χ1v) is 11.6. The Hall–Kier alpha value is -3.42. The lowest BCUT2D eigenvalue weighted by Gasteiger charge is -2.30. The van der Waals surface area contributed by atoms with Crippen LogP contribution in [0.2, 0.25) is 5.02 Å². The second-order valence-electron chi connectivity index (χ2n) is 8.28. The van der Waals surface area contributed by atoms with Crippen molar-refractivity contribution in [1.29, 1.82) is 0 Å². The third-order valence-electron chi connectivity index (χ3n) is 5.93. The van der Waals surface area contributed by atoms with Crippen LogP contribution in [0, 0.1) is 12.8 Å².